The molecule has 1 rings (SSSR count). The summed E-state index contributed by atoms with van der Waals surface area (Å²) < 4.78 is 26.1. The number of carbonyl (C=O) groups excluding carboxylic acids is 1. The molecule has 0 spiro atoms. The van der Waals surface area contributed by atoms with Crippen molar-refractivity contribution in [2.75, 3.05) is 13.1 Å². The Balaban J connectivity index is 2.62. The SMILES string of the molecule is CC(C)(C)C(=O)N1CCCC(F)(F)CC1. The largest absolute Gasteiger partial charge is 0.342 e. The molecule has 1 aliphatic heterocycles. The van der Waals surface area contributed by atoms with Crippen LogP contribution in [-0.2, 0) is 4.79 Å². The zero-order valence-corrected chi connectivity index (χ0v) is 9.65. The van der Waals surface area contributed by atoms with Crippen molar-refractivity contribution in [3.8, 4) is 0 Å². The number of alkyl halides is 2. The highest BCUT2D eigenvalue weighted by Gasteiger charge is 2.35. The van der Waals surface area contributed by atoms with Crippen molar-refractivity contribution in [2.45, 2.75) is 46.0 Å². The zero-order valence-electron chi connectivity index (χ0n) is 9.65. The highest BCUT2D eigenvalue weighted by molar-refractivity contribution is 5.81. The molecule has 1 amide bonds. The molecule has 88 valence electrons. The van der Waals surface area contributed by atoms with Gasteiger partial charge in [-0.2, -0.15) is 0 Å². The van der Waals surface area contributed by atoms with Gasteiger partial charge in [0.1, 0.15) is 0 Å². The van der Waals surface area contributed by atoms with E-state index in [1.54, 1.807) is 4.90 Å². The predicted molar refractivity (Wildman–Crippen MR) is 54.8 cm³/mol. The van der Waals surface area contributed by atoms with E-state index in [0.29, 0.717) is 13.0 Å². The van der Waals surface area contributed by atoms with Crippen molar-refractivity contribution >= 4 is 5.91 Å². The molecule has 0 unspecified atom stereocenters. The average Bonchev–Trinajstić information content (AvgIpc) is 2.23. The van der Waals surface area contributed by atoms with Crippen LogP contribution < -0.4 is 0 Å². The van der Waals surface area contributed by atoms with Crippen LogP contribution >= 0.6 is 0 Å². The predicted octanol–water partition coefficient (Wildman–Crippen LogP) is 2.68. The van der Waals surface area contributed by atoms with Gasteiger partial charge in [0, 0.05) is 31.3 Å². The molecule has 4 heteroatoms. The topological polar surface area (TPSA) is 20.3 Å². The summed E-state index contributed by atoms with van der Waals surface area (Å²) in [5.41, 5.74) is -0.473. The molecule has 0 aliphatic carbocycles. The van der Waals surface area contributed by atoms with Crippen LogP contribution in [0.15, 0.2) is 0 Å². The van der Waals surface area contributed by atoms with Gasteiger partial charge in [-0.25, -0.2) is 8.78 Å². The normalized spacial score (nSPS) is 22.3. The van der Waals surface area contributed by atoms with Gasteiger partial charge in [0.15, 0.2) is 0 Å². The molecule has 1 fully saturated rings. The van der Waals surface area contributed by atoms with Crippen LogP contribution in [0.4, 0.5) is 8.78 Å². The highest BCUT2D eigenvalue weighted by Crippen LogP contribution is 2.29. The number of rotatable bonds is 0. The quantitative estimate of drug-likeness (QED) is 0.613. The van der Waals surface area contributed by atoms with Crippen LogP contribution in [-0.4, -0.2) is 29.8 Å². The fraction of sp³-hybridized carbons (Fsp3) is 0.909. The summed E-state index contributed by atoms with van der Waals surface area (Å²) in [4.78, 5) is 13.4. The molecule has 0 radical (unpaired) electrons. The van der Waals surface area contributed by atoms with E-state index in [0.717, 1.165) is 0 Å². The molecule has 0 aromatic heterocycles. The molecule has 1 saturated heterocycles. The smallest absolute Gasteiger partial charge is 0.249 e. The van der Waals surface area contributed by atoms with Crippen LogP contribution in [0.5, 0.6) is 0 Å². The first-order valence-corrected chi connectivity index (χ1v) is 5.40. The molecule has 0 bridgehead atoms. The average molecular weight is 219 g/mol. The van der Waals surface area contributed by atoms with E-state index >= 15 is 0 Å². The number of halogens is 2. The summed E-state index contributed by atoms with van der Waals surface area (Å²) in [5.74, 6) is -2.62. The summed E-state index contributed by atoms with van der Waals surface area (Å²) in [5, 5.41) is 0. The lowest BCUT2D eigenvalue weighted by Crippen LogP contribution is -2.40. The van der Waals surface area contributed by atoms with E-state index in [-0.39, 0.29) is 25.3 Å². The number of nitrogens with zero attached hydrogens (tertiary/aromatic N) is 1. The van der Waals surface area contributed by atoms with Gasteiger partial charge in [0.2, 0.25) is 11.8 Å². The first kappa shape index (κ1) is 12.4. The minimum atomic E-state index is -2.59. The first-order valence-electron chi connectivity index (χ1n) is 5.40. The first-order chi connectivity index (χ1) is 6.72. The molecule has 15 heavy (non-hydrogen) atoms. The van der Waals surface area contributed by atoms with Gasteiger partial charge in [-0.3, -0.25) is 4.79 Å². The van der Waals surface area contributed by atoms with Gasteiger partial charge in [-0.05, 0) is 6.42 Å². The van der Waals surface area contributed by atoms with Gasteiger partial charge in [0.05, 0.1) is 0 Å². The summed E-state index contributed by atoms with van der Waals surface area (Å²) in [6, 6.07) is 0. The lowest BCUT2D eigenvalue weighted by Gasteiger charge is -2.28. The standard InChI is InChI=1S/C11H19F2NO/c1-10(2,3)9(15)14-7-4-5-11(12,13)6-8-14/h4-8H2,1-3H3. The highest BCUT2D eigenvalue weighted by atomic mass is 19.3. The maximum atomic E-state index is 13.1. The van der Waals surface area contributed by atoms with Gasteiger partial charge in [-0.1, -0.05) is 20.8 Å². The third-order valence-corrected chi connectivity index (χ3v) is 2.65. The molecule has 0 N–H and O–H groups in total. The van der Waals surface area contributed by atoms with Crippen LogP contribution in [0.3, 0.4) is 0 Å². The van der Waals surface area contributed by atoms with E-state index in [1.807, 2.05) is 20.8 Å². The molecule has 1 heterocycles. The number of hydrogen-bond acceptors (Lipinski definition) is 1. The Kier molecular flexibility index (Phi) is 3.36. The molecular weight excluding hydrogens is 200 g/mol. The molecule has 1 aliphatic rings. The van der Waals surface area contributed by atoms with Gasteiger partial charge in [-0.15, -0.1) is 0 Å². The number of likely N-dealkylation sites (tertiary alicyclic amines) is 1. The van der Waals surface area contributed by atoms with Crippen LogP contribution in [0.25, 0.3) is 0 Å². The summed E-state index contributed by atoms with van der Waals surface area (Å²) in [6.45, 7) is 6.10. The molecule has 0 aromatic rings. The lowest BCUT2D eigenvalue weighted by molar-refractivity contribution is -0.139. The fourth-order valence-electron chi connectivity index (χ4n) is 1.74. The molecular formula is C11H19F2NO. The monoisotopic (exact) mass is 219 g/mol. The summed E-state index contributed by atoms with van der Waals surface area (Å²) >= 11 is 0. The van der Waals surface area contributed by atoms with E-state index in [1.165, 1.54) is 0 Å². The summed E-state index contributed by atoms with van der Waals surface area (Å²) in [7, 11) is 0. The second kappa shape index (κ2) is 4.06. The van der Waals surface area contributed by atoms with Crippen molar-refractivity contribution in [2.24, 2.45) is 5.41 Å². The third-order valence-electron chi connectivity index (χ3n) is 2.65. The Labute approximate surface area is 89.6 Å². The van der Waals surface area contributed by atoms with Crippen molar-refractivity contribution in [3.63, 3.8) is 0 Å². The fourth-order valence-corrected chi connectivity index (χ4v) is 1.74. The van der Waals surface area contributed by atoms with Gasteiger partial charge in [0.25, 0.3) is 0 Å². The Morgan fingerprint density at radius 1 is 1.20 bits per heavy atom. The van der Waals surface area contributed by atoms with E-state index < -0.39 is 11.3 Å². The van der Waals surface area contributed by atoms with E-state index in [2.05, 4.69) is 0 Å². The Morgan fingerprint density at radius 2 is 1.80 bits per heavy atom. The van der Waals surface area contributed by atoms with Crippen LogP contribution in [0.1, 0.15) is 40.0 Å². The van der Waals surface area contributed by atoms with Gasteiger partial charge >= 0.3 is 0 Å². The Morgan fingerprint density at radius 3 is 2.33 bits per heavy atom. The number of hydrogen-bond donors (Lipinski definition) is 0. The Hall–Kier alpha value is -0.670. The van der Waals surface area contributed by atoms with Crippen molar-refractivity contribution in [1.29, 1.82) is 0 Å². The zero-order chi connectivity index (χ0) is 11.7. The molecule has 0 aromatic carbocycles. The minimum Gasteiger partial charge on any atom is -0.342 e. The third kappa shape index (κ3) is 3.43. The van der Waals surface area contributed by atoms with Gasteiger partial charge < -0.3 is 4.90 Å². The number of amides is 1. The van der Waals surface area contributed by atoms with Crippen molar-refractivity contribution in [3.05, 3.63) is 0 Å². The van der Waals surface area contributed by atoms with Crippen molar-refractivity contribution in [1.82, 2.24) is 4.90 Å². The Bertz CT molecular complexity index is 245. The lowest BCUT2D eigenvalue weighted by atomic mass is 9.94. The minimum absolute atomic E-state index is 0.0276. The van der Waals surface area contributed by atoms with E-state index in [9.17, 15) is 13.6 Å². The second-order valence-electron chi connectivity index (χ2n) is 5.25. The number of carbonyl (C=O) groups is 1. The van der Waals surface area contributed by atoms with E-state index in [4.69, 9.17) is 0 Å². The molecule has 0 atom stereocenters. The maximum Gasteiger partial charge on any atom is 0.249 e. The molecule has 2 nitrogen and oxygen atoms in total. The summed E-state index contributed by atoms with van der Waals surface area (Å²) in [6.07, 6.45) is 0.102. The van der Waals surface area contributed by atoms with Crippen LogP contribution in [0.2, 0.25) is 0 Å². The van der Waals surface area contributed by atoms with Crippen molar-refractivity contribution < 1.29 is 13.6 Å². The molecule has 0 saturated carbocycles. The maximum absolute atomic E-state index is 13.1. The van der Waals surface area contributed by atoms with Crippen LogP contribution in [0, 0.1) is 5.41 Å². The second-order valence-corrected chi connectivity index (χ2v) is 5.25.